The molecule has 1 N–H and O–H groups in total. The van der Waals surface area contributed by atoms with Crippen LogP contribution in [0.5, 0.6) is 0 Å². The second-order valence-corrected chi connectivity index (χ2v) is 4.98. The lowest BCUT2D eigenvalue weighted by atomic mass is 9.86. The standard InChI is InChI=1S/C11H13O2.Al/c1-11(2,3)9-6-4-8(5-7-9)10(12)13;/h4,6-7H,1-3H3,(H,12,13);. The Morgan fingerprint density at radius 3 is 2.29 bits per heavy atom. The van der Waals surface area contributed by atoms with E-state index in [-0.39, 0.29) is 5.41 Å². The zero-order chi connectivity index (χ0) is 10.9. The van der Waals surface area contributed by atoms with E-state index >= 15 is 0 Å². The third kappa shape index (κ3) is 2.37. The van der Waals surface area contributed by atoms with Gasteiger partial charge in [0.15, 0.2) is 16.3 Å². The Balaban J connectivity index is 3.20. The third-order valence-electron chi connectivity index (χ3n) is 2.15. The van der Waals surface area contributed by atoms with Crippen molar-refractivity contribution in [1.29, 1.82) is 0 Å². The zero-order valence-electron chi connectivity index (χ0n) is 8.66. The predicted molar refractivity (Wildman–Crippen MR) is 57.5 cm³/mol. The van der Waals surface area contributed by atoms with Crippen LogP contribution < -0.4 is 4.43 Å². The highest BCUT2D eigenvalue weighted by molar-refractivity contribution is 6.36. The molecule has 0 amide bonds. The van der Waals surface area contributed by atoms with Crippen molar-refractivity contribution in [2.45, 2.75) is 26.2 Å². The molecular weight excluding hydrogens is 191 g/mol. The van der Waals surface area contributed by atoms with E-state index in [1.807, 2.05) is 12.1 Å². The van der Waals surface area contributed by atoms with Crippen LogP contribution in [0.1, 0.15) is 36.7 Å². The Morgan fingerprint density at radius 1 is 1.36 bits per heavy atom. The summed E-state index contributed by atoms with van der Waals surface area (Å²) in [5, 5.41) is 8.85. The molecule has 1 aromatic carbocycles. The van der Waals surface area contributed by atoms with Crippen molar-refractivity contribution < 1.29 is 9.90 Å². The lowest BCUT2D eigenvalue weighted by Gasteiger charge is -2.20. The summed E-state index contributed by atoms with van der Waals surface area (Å²) in [6.07, 6.45) is 0. The summed E-state index contributed by atoms with van der Waals surface area (Å²) in [5.74, 6) is -0.879. The Hall–Kier alpha value is -0.778. The van der Waals surface area contributed by atoms with Crippen molar-refractivity contribution >= 4 is 26.7 Å². The van der Waals surface area contributed by atoms with Gasteiger partial charge in [-0.05, 0) is 17.0 Å². The average Bonchev–Trinajstić information content (AvgIpc) is 2.01. The van der Waals surface area contributed by atoms with Crippen LogP contribution in [0.15, 0.2) is 18.2 Å². The molecule has 1 rings (SSSR count). The van der Waals surface area contributed by atoms with Crippen molar-refractivity contribution in [3.63, 3.8) is 0 Å². The summed E-state index contributed by atoms with van der Waals surface area (Å²) in [7, 11) is 0. The maximum absolute atomic E-state index is 10.8. The molecule has 0 aliphatic rings. The fourth-order valence-corrected chi connectivity index (χ4v) is 1.62. The van der Waals surface area contributed by atoms with E-state index in [0.717, 1.165) is 9.99 Å². The van der Waals surface area contributed by atoms with E-state index in [2.05, 4.69) is 37.1 Å². The molecule has 0 aliphatic heterocycles. The maximum Gasteiger partial charge on any atom is 0.334 e. The fraction of sp³-hybridized carbons (Fsp3) is 0.364. The number of carboxylic acid groups (broad SMARTS) is 1. The lowest BCUT2D eigenvalue weighted by molar-refractivity contribution is 0.0698. The van der Waals surface area contributed by atoms with Gasteiger partial charge in [-0.2, -0.15) is 0 Å². The molecule has 0 saturated carbocycles. The van der Waals surface area contributed by atoms with Gasteiger partial charge in [0.05, 0.1) is 0 Å². The van der Waals surface area contributed by atoms with Gasteiger partial charge in [-0.25, -0.2) is 4.79 Å². The first-order chi connectivity index (χ1) is 6.32. The molecule has 0 atom stereocenters. The van der Waals surface area contributed by atoms with Gasteiger partial charge in [0.1, 0.15) is 0 Å². The molecule has 0 fully saturated rings. The second-order valence-electron chi connectivity index (χ2n) is 4.36. The smallest absolute Gasteiger partial charge is 0.334 e. The predicted octanol–water partition coefficient (Wildman–Crippen LogP) is 1.48. The van der Waals surface area contributed by atoms with E-state index in [0.29, 0.717) is 5.56 Å². The van der Waals surface area contributed by atoms with Gasteiger partial charge in [0, 0.05) is 5.56 Å². The molecule has 1 aromatic rings. The number of hydrogen-bond acceptors (Lipinski definition) is 1. The molecule has 0 saturated heterocycles. The van der Waals surface area contributed by atoms with Gasteiger partial charge in [0.2, 0.25) is 0 Å². The normalized spacial score (nSPS) is 11.4. The molecule has 0 spiro atoms. The van der Waals surface area contributed by atoms with E-state index < -0.39 is 5.97 Å². The van der Waals surface area contributed by atoms with Crippen molar-refractivity contribution in [3.05, 3.63) is 29.3 Å². The number of rotatable bonds is 1. The quantitative estimate of drug-likeness (QED) is 0.703. The number of benzene rings is 1. The van der Waals surface area contributed by atoms with E-state index in [1.54, 1.807) is 6.07 Å². The third-order valence-corrected chi connectivity index (χ3v) is 2.63. The van der Waals surface area contributed by atoms with Crippen LogP contribution in [0.4, 0.5) is 0 Å². The summed E-state index contributed by atoms with van der Waals surface area (Å²) < 4.78 is 0.741. The Morgan fingerprint density at radius 2 is 1.93 bits per heavy atom. The Labute approximate surface area is 92.4 Å². The second kappa shape index (κ2) is 3.76. The molecule has 0 heterocycles. The number of carboxylic acids is 1. The molecule has 14 heavy (non-hydrogen) atoms. The number of aromatic carboxylic acids is 1. The molecular formula is C11H13AlO2. The monoisotopic (exact) mass is 204 g/mol. The summed E-state index contributed by atoms with van der Waals surface area (Å²) in [5.41, 5.74) is 1.55. The number of hydrogen-bond donors (Lipinski definition) is 1. The highest BCUT2D eigenvalue weighted by Gasteiger charge is 2.15. The SMILES string of the molecule is CC(C)(C)c1ccc(C(=O)O)[c]([Al])c1. The molecule has 3 heteroatoms. The first kappa shape index (κ1) is 11.3. The molecule has 0 bridgehead atoms. The summed E-state index contributed by atoms with van der Waals surface area (Å²) in [6.45, 7) is 6.31. The first-order valence-electron chi connectivity index (χ1n) is 4.45. The van der Waals surface area contributed by atoms with Crippen LogP contribution in [0.2, 0.25) is 0 Å². The summed E-state index contributed by atoms with van der Waals surface area (Å²) >= 11 is 2.47. The van der Waals surface area contributed by atoms with Crippen LogP contribution in [-0.2, 0) is 5.41 Å². The molecule has 0 aliphatic carbocycles. The van der Waals surface area contributed by atoms with E-state index in [9.17, 15) is 4.79 Å². The highest BCUT2D eigenvalue weighted by Crippen LogP contribution is 2.21. The minimum Gasteiger partial charge on any atom is -0.478 e. The fourth-order valence-electron chi connectivity index (χ4n) is 1.22. The highest BCUT2D eigenvalue weighted by atomic mass is 27.0. The lowest BCUT2D eigenvalue weighted by Crippen LogP contribution is -2.20. The van der Waals surface area contributed by atoms with Gasteiger partial charge < -0.3 is 5.11 Å². The first-order valence-corrected chi connectivity index (χ1v) is 5.03. The average molecular weight is 204 g/mol. The summed E-state index contributed by atoms with van der Waals surface area (Å²) in [6, 6.07) is 5.44. The Bertz CT molecular complexity index is 364. The minimum absolute atomic E-state index is 0.0579. The topological polar surface area (TPSA) is 37.3 Å². The van der Waals surface area contributed by atoms with E-state index in [4.69, 9.17) is 5.11 Å². The van der Waals surface area contributed by atoms with Crippen molar-refractivity contribution in [2.24, 2.45) is 0 Å². The molecule has 72 valence electrons. The van der Waals surface area contributed by atoms with E-state index in [1.165, 1.54) is 0 Å². The van der Waals surface area contributed by atoms with Crippen LogP contribution >= 0.6 is 0 Å². The van der Waals surface area contributed by atoms with Gasteiger partial charge in [-0.3, -0.25) is 0 Å². The molecule has 2 radical (unpaired) electrons. The largest absolute Gasteiger partial charge is 0.478 e. The van der Waals surface area contributed by atoms with Crippen LogP contribution in [-0.4, -0.2) is 27.4 Å². The van der Waals surface area contributed by atoms with Crippen molar-refractivity contribution in [3.8, 4) is 0 Å². The molecule has 0 unspecified atom stereocenters. The minimum atomic E-state index is -0.879. The molecule has 0 aromatic heterocycles. The van der Waals surface area contributed by atoms with Crippen molar-refractivity contribution in [2.75, 3.05) is 0 Å². The van der Waals surface area contributed by atoms with Crippen LogP contribution in [0, 0.1) is 0 Å². The zero-order valence-corrected chi connectivity index (χ0v) is 9.82. The van der Waals surface area contributed by atoms with Crippen molar-refractivity contribution in [1.82, 2.24) is 0 Å². The molecule has 2 nitrogen and oxygen atoms in total. The Kier molecular flexibility index (Phi) is 3.04. The van der Waals surface area contributed by atoms with Crippen LogP contribution in [0.3, 0.4) is 0 Å². The van der Waals surface area contributed by atoms with Gasteiger partial charge in [0.25, 0.3) is 0 Å². The number of carbonyl (C=O) groups is 1. The maximum atomic E-state index is 10.8. The van der Waals surface area contributed by atoms with Gasteiger partial charge in [-0.1, -0.05) is 32.9 Å². The van der Waals surface area contributed by atoms with Gasteiger partial charge in [-0.15, -0.1) is 4.43 Å². The van der Waals surface area contributed by atoms with Crippen LogP contribution in [0.25, 0.3) is 0 Å². The summed E-state index contributed by atoms with van der Waals surface area (Å²) in [4.78, 5) is 10.8. The van der Waals surface area contributed by atoms with Gasteiger partial charge >= 0.3 is 5.97 Å².